The molecular weight excluding hydrogens is 290 g/mol. The first-order valence-electron chi connectivity index (χ1n) is 7.09. The number of hydrogen-bond acceptors (Lipinski definition) is 4. The molecule has 5 heteroatoms. The first kappa shape index (κ1) is 14.6. The SMILES string of the molecule is C[C@@]1(CN2CCOCC2)OC(=O)C(Cl)=C1c1ccccc1. The molecule has 2 heterocycles. The Bertz CT molecular complexity index is 566. The van der Waals surface area contributed by atoms with Crippen molar-refractivity contribution >= 4 is 23.1 Å². The molecule has 2 aliphatic heterocycles. The fourth-order valence-corrected chi connectivity index (χ4v) is 3.32. The fourth-order valence-electron chi connectivity index (χ4n) is 2.97. The smallest absolute Gasteiger partial charge is 0.351 e. The molecule has 1 fully saturated rings. The van der Waals surface area contributed by atoms with Gasteiger partial charge in [0.05, 0.1) is 13.2 Å². The number of morpholine rings is 1. The molecule has 21 heavy (non-hydrogen) atoms. The van der Waals surface area contributed by atoms with Crippen LogP contribution >= 0.6 is 11.6 Å². The van der Waals surface area contributed by atoms with E-state index in [1.165, 1.54) is 0 Å². The molecule has 112 valence electrons. The normalized spacial score (nSPS) is 27.0. The molecule has 0 radical (unpaired) electrons. The Balaban J connectivity index is 1.91. The van der Waals surface area contributed by atoms with Gasteiger partial charge in [-0.05, 0) is 12.5 Å². The molecule has 4 nitrogen and oxygen atoms in total. The zero-order chi connectivity index (χ0) is 14.9. The Morgan fingerprint density at radius 3 is 2.57 bits per heavy atom. The third-order valence-corrected chi connectivity index (χ3v) is 4.28. The van der Waals surface area contributed by atoms with E-state index in [0.29, 0.717) is 19.8 Å². The molecule has 0 aromatic heterocycles. The summed E-state index contributed by atoms with van der Waals surface area (Å²) in [4.78, 5) is 14.2. The van der Waals surface area contributed by atoms with Gasteiger partial charge >= 0.3 is 5.97 Å². The minimum Gasteiger partial charge on any atom is -0.449 e. The first-order chi connectivity index (χ1) is 10.1. The molecule has 0 N–H and O–H groups in total. The summed E-state index contributed by atoms with van der Waals surface area (Å²) in [5, 5.41) is 0.192. The number of benzene rings is 1. The van der Waals surface area contributed by atoms with Crippen molar-refractivity contribution in [2.24, 2.45) is 0 Å². The van der Waals surface area contributed by atoms with E-state index in [2.05, 4.69) is 4.90 Å². The van der Waals surface area contributed by atoms with E-state index < -0.39 is 11.6 Å². The van der Waals surface area contributed by atoms with E-state index in [1.807, 2.05) is 37.3 Å². The summed E-state index contributed by atoms with van der Waals surface area (Å²) < 4.78 is 11.0. The second-order valence-electron chi connectivity index (χ2n) is 5.56. The van der Waals surface area contributed by atoms with Gasteiger partial charge in [0, 0.05) is 25.2 Å². The lowest BCUT2D eigenvalue weighted by molar-refractivity contribution is -0.146. The molecule has 1 aromatic carbocycles. The van der Waals surface area contributed by atoms with Crippen molar-refractivity contribution in [1.29, 1.82) is 0 Å². The topological polar surface area (TPSA) is 38.8 Å². The van der Waals surface area contributed by atoms with Gasteiger partial charge in [-0.3, -0.25) is 4.90 Å². The molecule has 1 saturated heterocycles. The van der Waals surface area contributed by atoms with Crippen LogP contribution in [0, 0.1) is 0 Å². The highest BCUT2D eigenvalue weighted by molar-refractivity contribution is 6.45. The average Bonchev–Trinajstić information content (AvgIpc) is 2.70. The summed E-state index contributed by atoms with van der Waals surface area (Å²) in [5.74, 6) is -0.439. The quantitative estimate of drug-likeness (QED) is 0.803. The van der Waals surface area contributed by atoms with Gasteiger partial charge in [0.2, 0.25) is 0 Å². The van der Waals surface area contributed by atoms with Crippen molar-refractivity contribution in [3.63, 3.8) is 0 Å². The summed E-state index contributed by atoms with van der Waals surface area (Å²) in [6.45, 7) is 5.66. The van der Waals surface area contributed by atoms with Crippen molar-refractivity contribution in [2.75, 3.05) is 32.8 Å². The molecule has 0 amide bonds. The second-order valence-corrected chi connectivity index (χ2v) is 5.94. The predicted molar refractivity (Wildman–Crippen MR) is 81.0 cm³/mol. The van der Waals surface area contributed by atoms with E-state index in [-0.39, 0.29) is 5.03 Å². The molecule has 1 atom stereocenters. The van der Waals surface area contributed by atoms with Gasteiger partial charge in [-0.15, -0.1) is 0 Å². The summed E-state index contributed by atoms with van der Waals surface area (Å²) in [6.07, 6.45) is 0. The zero-order valence-electron chi connectivity index (χ0n) is 12.0. The van der Waals surface area contributed by atoms with Gasteiger partial charge in [0.1, 0.15) is 10.6 Å². The minimum atomic E-state index is -0.715. The molecule has 0 bridgehead atoms. The zero-order valence-corrected chi connectivity index (χ0v) is 12.7. The fraction of sp³-hybridized carbons (Fsp3) is 0.438. The minimum absolute atomic E-state index is 0.192. The van der Waals surface area contributed by atoms with Gasteiger partial charge in [-0.1, -0.05) is 41.9 Å². The third-order valence-electron chi connectivity index (χ3n) is 3.94. The Hall–Kier alpha value is -1.36. The Kier molecular flexibility index (Phi) is 4.02. The van der Waals surface area contributed by atoms with Gasteiger partial charge in [-0.25, -0.2) is 4.79 Å². The number of esters is 1. The molecule has 0 aliphatic carbocycles. The van der Waals surface area contributed by atoms with Crippen LogP contribution in [0.25, 0.3) is 5.57 Å². The van der Waals surface area contributed by atoms with Gasteiger partial charge in [0.25, 0.3) is 0 Å². The second kappa shape index (κ2) is 5.79. The predicted octanol–water partition coefficient (Wildman–Crippen LogP) is 2.28. The lowest BCUT2D eigenvalue weighted by atomic mass is 9.90. The van der Waals surface area contributed by atoms with Crippen LogP contribution in [-0.4, -0.2) is 49.3 Å². The monoisotopic (exact) mass is 307 g/mol. The first-order valence-corrected chi connectivity index (χ1v) is 7.47. The Morgan fingerprint density at radius 1 is 1.24 bits per heavy atom. The van der Waals surface area contributed by atoms with Crippen molar-refractivity contribution in [2.45, 2.75) is 12.5 Å². The van der Waals surface area contributed by atoms with E-state index in [4.69, 9.17) is 21.1 Å². The lowest BCUT2D eigenvalue weighted by Crippen LogP contribution is -2.46. The highest BCUT2D eigenvalue weighted by Crippen LogP contribution is 2.41. The van der Waals surface area contributed by atoms with Gasteiger partial charge in [0.15, 0.2) is 0 Å². The molecule has 3 rings (SSSR count). The lowest BCUT2D eigenvalue weighted by Gasteiger charge is -2.35. The Labute approximate surface area is 129 Å². The van der Waals surface area contributed by atoms with Gasteiger partial charge < -0.3 is 9.47 Å². The number of ether oxygens (including phenoxy) is 2. The van der Waals surface area contributed by atoms with Gasteiger partial charge in [-0.2, -0.15) is 0 Å². The number of carbonyl (C=O) groups is 1. The van der Waals surface area contributed by atoms with Crippen LogP contribution in [0.15, 0.2) is 35.4 Å². The highest BCUT2D eigenvalue weighted by Gasteiger charge is 2.45. The number of carbonyl (C=O) groups excluding carboxylic acids is 1. The van der Waals surface area contributed by atoms with E-state index >= 15 is 0 Å². The maximum Gasteiger partial charge on any atom is 0.351 e. The van der Waals surface area contributed by atoms with Crippen LogP contribution in [-0.2, 0) is 14.3 Å². The van der Waals surface area contributed by atoms with Crippen LogP contribution < -0.4 is 0 Å². The van der Waals surface area contributed by atoms with Crippen LogP contribution in [0.1, 0.15) is 12.5 Å². The van der Waals surface area contributed by atoms with Crippen molar-refractivity contribution < 1.29 is 14.3 Å². The summed E-state index contributed by atoms with van der Waals surface area (Å²) >= 11 is 6.23. The molecule has 0 unspecified atom stereocenters. The number of hydrogen-bond donors (Lipinski definition) is 0. The largest absolute Gasteiger partial charge is 0.449 e. The van der Waals surface area contributed by atoms with Crippen LogP contribution in [0.4, 0.5) is 0 Å². The molecule has 0 spiro atoms. The van der Waals surface area contributed by atoms with E-state index in [1.54, 1.807) is 0 Å². The van der Waals surface area contributed by atoms with Crippen molar-refractivity contribution in [3.05, 3.63) is 40.9 Å². The number of cyclic esters (lactones) is 1. The number of nitrogens with zero attached hydrogens (tertiary/aromatic N) is 1. The highest BCUT2D eigenvalue weighted by atomic mass is 35.5. The van der Waals surface area contributed by atoms with Crippen molar-refractivity contribution in [1.82, 2.24) is 4.90 Å². The molecule has 2 aliphatic rings. The average molecular weight is 308 g/mol. The van der Waals surface area contributed by atoms with Crippen LogP contribution in [0.2, 0.25) is 0 Å². The Morgan fingerprint density at radius 2 is 1.90 bits per heavy atom. The van der Waals surface area contributed by atoms with Crippen LogP contribution in [0.3, 0.4) is 0 Å². The summed E-state index contributed by atoms with van der Waals surface area (Å²) in [7, 11) is 0. The summed E-state index contributed by atoms with van der Waals surface area (Å²) in [5.41, 5.74) is 0.998. The molecule has 0 saturated carbocycles. The number of halogens is 1. The molecule has 1 aromatic rings. The van der Waals surface area contributed by atoms with E-state index in [9.17, 15) is 4.79 Å². The number of rotatable bonds is 3. The maximum atomic E-state index is 12.0. The third kappa shape index (κ3) is 2.84. The molecular formula is C16H18ClNO3. The van der Waals surface area contributed by atoms with Crippen LogP contribution in [0.5, 0.6) is 0 Å². The maximum absolute atomic E-state index is 12.0. The van der Waals surface area contributed by atoms with E-state index in [0.717, 1.165) is 24.2 Å². The standard InChI is InChI=1S/C16H18ClNO3/c1-16(11-18-7-9-20-10-8-18)13(14(17)15(19)21-16)12-5-3-2-4-6-12/h2-6H,7-11H2,1H3/t16-/m0/s1. The summed E-state index contributed by atoms with van der Waals surface area (Å²) in [6, 6.07) is 9.72. The van der Waals surface area contributed by atoms with Crippen molar-refractivity contribution in [3.8, 4) is 0 Å².